The van der Waals surface area contributed by atoms with Crippen LogP contribution < -0.4 is 0 Å². The highest BCUT2D eigenvalue weighted by molar-refractivity contribution is 6.36. The Morgan fingerprint density at radius 3 is 2.37 bits per heavy atom. The van der Waals surface area contributed by atoms with Gasteiger partial charge in [-0.25, -0.2) is 9.59 Å². The standard InChI is InChI=1S/C11H5Cl2NO5/c12-4-1-2-5(6(13)3-4)7-8(10(15)16)14-19-9(7)11(17)18/h1-3H,(H,15,16)(H,17,18). The number of hydrogen-bond acceptors (Lipinski definition) is 4. The van der Waals surface area contributed by atoms with Gasteiger partial charge < -0.3 is 14.7 Å². The first-order valence-corrected chi connectivity index (χ1v) is 5.59. The molecule has 0 saturated heterocycles. The monoisotopic (exact) mass is 301 g/mol. The molecule has 2 aromatic rings. The molecule has 0 radical (unpaired) electrons. The molecule has 0 atom stereocenters. The van der Waals surface area contributed by atoms with Crippen LogP contribution >= 0.6 is 23.2 Å². The van der Waals surface area contributed by atoms with Crippen LogP contribution in [-0.2, 0) is 0 Å². The van der Waals surface area contributed by atoms with Crippen molar-refractivity contribution in [2.75, 3.05) is 0 Å². The average Bonchev–Trinajstić information content (AvgIpc) is 2.73. The Hall–Kier alpha value is -2.05. The summed E-state index contributed by atoms with van der Waals surface area (Å²) in [4.78, 5) is 22.0. The molecule has 2 rings (SSSR count). The Balaban J connectivity index is 2.75. The highest BCUT2D eigenvalue weighted by Gasteiger charge is 2.28. The van der Waals surface area contributed by atoms with Crippen LogP contribution in [0.2, 0.25) is 10.0 Å². The third kappa shape index (κ3) is 2.40. The summed E-state index contributed by atoms with van der Waals surface area (Å²) >= 11 is 11.7. The number of aromatic carboxylic acids is 2. The summed E-state index contributed by atoms with van der Waals surface area (Å²) in [6.07, 6.45) is 0. The molecule has 0 fully saturated rings. The summed E-state index contributed by atoms with van der Waals surface area (Å²) in [5.74, 6) is -3.46. The van der Waals surface area contributed by atoms with Crippen molar-refractivity contribution >= 4 is 35.1 Å². The van der Waals surface area contributed by atoms with Crippen molar-refractivity contribution in [2.24, 2.45) is 0 Å². The molecule has 0 unspecified atom stereocenters. The quantitative estimate of drug-likeness (QED) is 0.903. The molecule has 0 bridgehead atoms. The van der Waals surface area contributed by atoms with E-state index in [2.05, 4.69) is 9.68 Å². The van der Waals surface area contributed by atoms with Gasteiger partial charge in [0.2, 0.25) is 0 Å². The highest BCUT2D eigenvalue weighted by atomic mass is 35.5. The van der Waals surface area contributed by atoms with Crippen LogP contribution in [0.15, 0.2) is 22.7 Å². The molecule has 0 aliphatic heterocycles. The summed E-state index contributed by atoms with van der Waals surface area (Å²) < 4.78 is 4.54. The molecule has 0 aliphatic carbocycles. The van der Waals surface area contributed by atoms with E-state index in [1.54, 1.807) is 0 Å². The summed E-state index contributed by atoms with van der Waals surface area (Å²) in [7, 11) is 0. The second-order valence-corrected chi connectivity index (χ2v) is 4.31. The number of hydrogen-bond donors (Lipinski definition) is 2. The molecular formula is C11H5Cl2NO5. The van der Waals surface area contributed by atoms with Crippen molar-refractivity contribution in [1.82, 2.24) is 5.16 Å². The maximum absolute atomic E-state index is 11.0. The number of carbonyl (C=O) groups is 2. The molecule has 0 saturated carbocycles. The van der Waals surface area contributed by atoms with E-state index in [0.717, 1.165) is 0 Å². The van der Waals surface area contributed by atoms with Gasteiger partial charge in [-0.1, -0.05) is 34.4 Å². The van der Waals surface area contributed by atoms with E-state index in [1.807, 2.05) is 0 Å². The first kappa shape index (κ1) is 13.4. The molecule has 6 nitrogen and oxygen atoms in total. The van der Waals surface area contributed by atoms with E-state index in [1.165, 1.54) is 18.2 Å². The summed E-state index contributed by atoms with van der Waals surface area (Å²) in [5, 5.41) is 21.6. The van der Waals surface area contributed by atoms with Gasteiger partial charge in [-0.2, -0.15) is 0 Å². The van der Waals surface area contributed by atoms with Crippen molar-refractivity contribution in [3.8, 4) is 11.1 Å². The minimum absolute atomic E-state index is 0.0979. The smallest absolute Gasteiger partial charge is 0.375 e. The van der Waals surface area contributed by atoms with Gasteiger partial charge in [0.15, 0.2) is 5.69 Å². The number of halogens is 2. The van der Waals surface area contributed by atoms with Crippen LogP contribution in [0.1, 0.15) is 21.0 Å². The Bertz CT molecular complexity index is 648. The van der Waals surface area contributed by atoms with Crippen LogP contribution in [-0.4, -0.2) is 27.3 Å². The van der Waals surface area contributed by atoms with Crippen LogP contribution in [0.4, 0.5) is 0 Å². The van der Waals surface area contributed by atoms with Gasteiger partial charge in [0, 0.05) is 10.6 Å². The molecule has 19 heavy (non-hydrogen) atoms. The predicted octanol–water partition coefficient (Wildman–Crippen LogP) is 3.04. The first-order valence-electron chi connectivity index (χ1n) is 4.83. The van der Waals surface area contributed by atoms with Crippen molar-refractivity contribution in [2.45, 2.75) is 0 Å². The largest absolute Gasteiger partial charge is 0.476 e. The summed E-state index contributed by atoms with van der Waals surface area (Å²) in [6.45, 7) is 0. The first-order chi connectivity index (χ1) is 8.91. The van der Waals surface area contributed by atoms with E-state index in [4.69, 9.17) is 33.4 Å². The third-order valence-electron chi connectivity index (χ3n) is 2.29. The summed E-state index contributed by atoms with van der Waals surface area (Å²) in [5.41, 5.74) is -0.551. The highest BCUT2D eigenvalue weighted by Crippen LogP contribution is 2.35. The second kappa shape index (κ2) is 4.91. The lowest BCUT2D eigenvalue weighted by Gasteiger charge is -2.03. The lowest BCUT2D eigenvalue weighted by molar-refractivity contribution is 0.0642. The van der Waals surface area contributed by atoms with Gasteiger partial charge in [-0.05, 0) is 12.1 Å². The molecular weight excluding hydrogens is 297 g/mol. The van der Waals surface area contributed by atoms with Gasteiger partial charge >= 0.3 is 11.9 Å². The van der Waals surface area contributed by atoms with Crippen LogP contribution in [0, 0.1) is 0 Å². The predicted molar refractivity (Wildman–Crippen MR) is 65.9 cm³/mol. The Morgan fingerprint density at radius 1 is 1.16 bits per heavy atom. The van der Waals surface area contributed by atoms with E-state index < -0.39 is 23.4 Å². The number of carboxylic acids is 2. The van der Waals surface area contributed by atoms with Crippen LogP contribution in [0.25, 0.3) is 11.1 Å². The van der Waals surface area contributed by atoms with Crippen LogP contribution in [0.5, 0.6) is 0 Å². The average molecular weight is 302 g/mol. The Morgan fingerprint density at radius 2 is 1.84 bits per heavy atom. The van der Waals surface area contributed by atoms with Gasteiger partial charge in [0.05, 0.1) is 10.6 Å². The molecule has 0 spiro atoms. The van der Waals surface area contributed by atoms with Crippen molar-refractivity contribution in [3.05, 3.63) is 39.7 Å². The molecule has 98 valence electrons. The van der Waals surface area contributed by atoms with Gasteiger partial charge in [-0.3, -0.25) is 0 Å². The second-order valence-electron chi connectivity index (χ2n) is 3.47. The lowest BCUT2D eigenvalue weighted by atomic mass is 10.0. The van der Waals surface area contributed by atoms with Crippen molar-refractivity contribution in [1.29, 1.82) is 0 Å². The SMILES string of the molecule is O=C(O)c1noc(C(=O)O)c1-c1ccc(Cl)cc1Cl. The van der Waals surface area contributed by atoms with Gasteiger partial charge in [0.1, 0.15) is 0 Å². The molecule has 1 aromatic heterocycles. The number of carboxylic acid groups (broad SMARTS) is 2. The zero-order chi connectivity index (χ0) is 14.2. The lowest BCUT2D eigenvalue weighted by Crippen LogP contribution is -2.02. The van der Waals surface area contributed by atoms with E-state index >= 15 is 0 Å². The van der Waals surface area contributed by atoms with Crippen molar-refractivity contribution < 1.29 is 24.3 Å². The third-order valence-corrected chi connectivity index (χ3v) is 2.84. The van der Waals surface area contributed by atoms with Crippen molar-refractivity contribution in [3.63, 3.8) is 0 Å². The minimum Gasteiger partial charge on any atom is -0.476 e. The van der Waals surface area contributed by atoms with E-state index in [-0.39, 0.29) is 16.1 Å². The molecule has 8 heteroatoms. The van der Waals surface area contributed by atoms with Gasteiger partial charge in [0.25, 0.3) is 5.76 Å². The zero-order valence-electron chi connectivity index (χ0n) is 9.05. The fourth-order valence-corrected chi connectivity index (χ4v) is 2.03. The van der Waals surface area contributed by atoms with E-state index in [9.17, 15) is 9.59 Å². The Labute approximate surface area is 116 Å². The van der Waals surface area contributed by atoms with Crippen LogP contribution in [0.3, 0.4) is 0 Å². The molecule has 0 aliphatic rings. The van der Waals surface area contributed by atoms with Gasteiger partial charge in [-0.15, -0.1) is 0 Å². The number of benzene rings is 1. The fraction of sp³-hybridized carbons (Fsp3) is 0. The maximum atomic E-state index is 11.0. The Kier molecular flexibility index (Phi) is 3.46. The fourth-order valence-electron chi connectivity index (χ4n) is 1.52. The minimum atomic E-state index is -1.44. The molecule has 2 N–H and O–H groups in total. The number of aromatic nitrogens is 1. The topological polar surface area (TPSA) is 101 Å². The molecule has 1 aromatic carbocycles. The number of nitrogens with zero attached hydrogens (tertiary/aromatic N) is 1. The molecule has 0 amide bonds. The zero-order valence-corrected chi connectivity index (χ0v) is 10.6. The maximum Gasteiger partial charge on any atom is 0.375 e. The molecule has 1 heterocycles. The summed E-state index contributed by atoms with van der Waals surface area (Å²) in [6, 6.07) is 4.21. The number of rotatable bonds is 3. The van der Waals surface area contributed by atoms with E-state index in [0.29, 0.717) is 5.02 Å². The normalized spacial score (nSPS) is 10.4.